The molecule has 0 unspecified atom stereocenters. The molecule has 2 aliphatic rings. The third-order valence-electron chi connectivity index (χ3n) is 5.56. The van der Waals surface area contributed by atoms with Crippen molar-refractivity contribution in [3.63, 3.8) is 0 Å². The number of nitrogens with zero attached hydrogens (tertiary/aromatic N) is 2. The van der Waals surface area contributed by atoms with Crippen molar-refractivity contribution in [1.29, 1.82) is 0 Å². The summed E-state index contributed by atoms with van der Waals surface area (Å²) < 4.78 is 1.76. The van der Waals surface area contributed by atoms with Crippen molar-refractivity contribution in [3.8, 4) is 0 Å². The van der Waals surface area contributed by atoms with Gasteiger partial charge >= 0.3 is 0 Å². The van der Waals surface area contributed by atoms with Gasteiger partial charge in [0.25, 0.3) is 5.56 Å². The highest BCUT2D eigenvalue weighted by Crippen LogP contribution is 2.34. The van der Waals surface area contributed by atoms with E-state index in [2.05, 4.69) is 41.5 Å². The molecule has 26 heavy (non-hydrogen) atoms. The van der Waals surface area contributed by atoms with Crippen LogP contribution in [-0.4, -0.2) is 21.6 Å². The van der Waals surface area contributed by atoms with Gasteiger partial charge in [0.1, 0.15) is 4.83 Å². The number of fused-ring (bicyclic) bond motifs is 3. The monoisotopic (exact) mass is 365 g/mol. The maximum atomic E-state index is 13.1. The van der Waals surface area contributed by atoms with Gasteiger partial charge in [-0.3, -0.25) is 9.36 Å². The average Bonchev–Trinajstić information content (AvgIpc) is 3.37. The molecular formula is C21H23N3OS. The third-order valence-corrected chi connectivity index (χ3v) is 6.72. The van der Waals surface area contributed by atoms with Gasteiger partial charge in [-0.2, -0.15) is 0 Å². The van der Waals surface area contributed by atoms with Crippen LogP contribution in [0.25, 0.3) is 10.2 Å². The maximum absolute atomic E-state index is 13.1. The first kappa shape index (κ1) is 16.2. The Hall–Kier alpha value is -1.98. The molecule has 1 aromatic carbocycles. The summed E-state index contributed by atoms with van der Waals surface area (Å²) in [5, 5.41) is 4.61. The molecule has 1 atom stereocenters. The lowest BCUT2D eigenvalue weighted by atomic mass is 9.93. The Labute approximate surface area is 156 Å². The number of rotatable bonds is 4. The molecule has 2 aliphatic carbocycles. The van der Waals surface area contributed by atoms with Crippen molar-refractivity contribution in [2.24, 2.45) is 0 Å². The molecule has 2 heterocycles. The minimum absolute atomic E-state index is 0.113. The van der Waals surface area contributed by atoms with Gasteiger partial charge in [-0.15, -0.1) is 11.3 Å². The van der Waals surface area contributed by atoms with Gasteiger partial charge in [0.05, 0.1) is 18.3 Å². The standard InChI is InChI=1S/C21H23N3OS/c1-13-2-4-14(5-3-13)11-24-12-22-20-19(21(24)25)17-9-8-16(10-18(17)26-20)23-15-6-7-15/h2-5,12,15-16,23H,6-11H2,1H3/t16-/m0/s1. The van der Waals surface area contributed by atoms with Gasteiger partial charge in [-0.25, -0.2) is 4.98 Å². The minimum atomic E-state index is 0.113. The lowest BCUT2D eigenvalue weighted by molar-refractivity contribution is 0.461. The summed E-state index contributed by atoms with van der Waals surface area (Å²) >= 11 is 1.72. The second-order valence-electron chi connectivity index (χ2n) is 7.73. The van der Waals surface area contributed by atoms with Crippen molar-refractivity contribution in [2.75, 3.05) is 0 Å². The summed E-state index contributed by atoms with van der Waals surface area (Å²) in [6.07, 6.45) is 7.52. The van der Waals surface area contributed by atoms with Crippen LogP contribution in [0.4, 0.5) is 0 Å². The Morgan fingerprint density at radius 1 is 1.19 bits per heavy atom. The molecule has 0 radical (unpaired) electrons. The van der Waals surface area contributed by atoms with Crippen LogP contribution in [-0.2, 0) is 19.4 Å². The summed E-state index contributed by atoms with van der Waals surface area (Å²) in [6.45, 7) is 2.66. The zero-order valence-electron chi connectivity index (χ0n) is 15.0. The molecule has 134 valence electrons. The maximum Gasteiger partial charge on any atom is 0.262 e. The molecular weight excluding hydrogens is 342 g/mol. The summed E-state index contributed by atoms with van der Waals surface area (Å²) in [7, 11) is 0. The summed E-state index contributed by atoms with van der Waals surface area (Å²) in [5.74, 6) is 0. The van der Waals surface area contributed by atoms with E-state index in [1.807, 2.05) is 0 Å². The molecule has 1 saturated carbocycles. The first-order valence-electron chi connectivity index (χ1n) is 9.48. The lowest BCUT2D eigenvalue weighted by Crippen LogP contribution is -2.35. The minimum Gasteiger partial charge on any atom is -0.311 e. The SMILES string of the molecule is Cc1ccc(Cn2cnc3sc4c(c3c2=O)CC[C@H](NC2CC2)C4)cc1. The lowest BCUT2D eigenvalue weighted by Gasteiger charge is -2.23. The van der Waals surface area contributed by atoms with E-state index in [9.17, 15) is 4.79 Å². The zero-order chi connectivity index (χ0) is 17.7. The van der Waals surface area contributed by atoms with Crippen LogP contribution in [0.3, 0.4) is 0 Å². The molecule has 0 aliphatic heterocycles. The fourth-order valence-electron chi connectivity index (χ4n) is 3.93. The van der Waals surface area contributed by atoms with E-state index in [4.69, 9.17) is 0 Å². The van der Waals surface area contributed by atoms with Crippen LogP contribution in [0.15, 0.2) is 35.4 Å². The molecule has 2 aromatic heterocycles. The van der Waals surface area contributed by atoms with E-state index in [0.717, 1.165) is 41.1 Å². The highest BCUT2D eigenvalue weighted by Gasteiger charge is 2.29. The first-order chi connectivity index (χ1) is 12.7. The average molecular weight is 366 g/mol. The fraction of sp³-hybridized carbons (Fsp3) is 0.429. The van der Waals surface area contributed by atoms with Crippen LogP contribution in [0.5, 0.6) is 0 Å². The van der Waals surface area contributed by atoms with E-state index in [1.165, 1.54) is 28.8 Å². The van der Waals surface area contributed by atoms with Crippen LogP contribution < -0.4 is 10.9 Å². The number of aromatic nitrogens is 2. The number of aryl methyl sites for hydroxylation is 2. The second kappa shape index (κ2) is 6.32. The smallest absolute Gasteiger partial charge is 0.262 e. The molecule has 4 nitrogen and oxygen atoms in total. The number of benzene rings is 1. The van der Waals surface area contributed by atoms with Gasteiger partial charge in [0, 0.05) is 17.0 Å². The van der Waals surface area contributed by atoms with E-state index >= 15 is 0 Å². The van der Waals surface area contributed by atoms with Gasteiger partial charge in [0.15, 0.2) is 0 Å². The number of nitrogens with one attached hydrogen (secondary N) is 1. The summed E-state index contributed by atoms with van der Waals surface area (Å²) in [5.41, 5.74) is 3.74. The van der Waals surface area contributed by atoms with Crippen molar-refractivity contribution >= 4 is 21.6 Å². The third kappa shape index (κ3) is 2.99. The Balaban J connectivity index is 1.48. The van der Waals surface area contributed by atoms with Crippen LogP contribution in [0, 0.1) is 6.92 Å². The number of hydrogen-bond acceptors (Lipinski definition) is 4. The van der Waals surface area contributed by atoms with E-state index in [1.54, 1.807) is 22.2 Å². The fourth-order valence-corrected chi connectivity index (χ4v) is 5.19. The topological polar surface area (TPSA) is 46.9 Å². The van der Waals surface area contributed by atoms with E-state index in [-0.39, 0.29) is 5.56 Å². The Morgan fingerprint density at radius 3 is 2.77 bits per heavy atom. The van der Waals surface area contributed by atoms with Crippen LogP contribution >= 0.6 is 11.3 Å². The zero-order valence-corrected chi connectivity index (χ0v) is 15.8. The Kier molecular flexibility index (Phi) is 3.94. The molecule has 1 N–H and O–H groups in total. The van der Waals surface area contributed by atoms with Crippen molar-refractivity contribution < 1.29 is 0 Å². The molecule has 1 fully saturated rings. The predicted octanol–water partition coefficient (Wildman–Crippen LogP) is 3.42. The number of hydrogen-bond donors (Lipinski definition) is 1. The molecule has 0 spiro atoms. The largest absolute Gasteiger partial charge is 0.311 e. The van der Waals surface area contributed by atoms with Crippen LogP contribution in [0.1, 0.15) is 40.8 Å². The number of thiophene rings is 1. The van der Waals surface area contributed by atoms with Crippen molar-refractivity contribution in [2.45, 2.75) is 57.7 Å². The summed E-state index contributed by atoms with van der Waals surface area (Å²) in [6, 6.07) is 9.66. The highest BCUT2D eigenvalue weighted by molar-refractivity contribution is 7.18. The van der Waals surface area contributed by atoms with E-state index in [0.29, 0.717) is 12.6 Å². The molecule has 0 saturated heterocycles. The molecule has 0 amide bonds. The molecule has 5 rings (SSSR count). The second-order valence-corrected chi connectivity index (χ2v) is 8.81. The molecule has 0 bridgehead atoms. The normalized spacial score (nSPS) is 19.7. The quantitative estimate of drug-likeness (QED) is 0.771. The van der Waals surface area contributed by atoms with Gasteiger partial charge < -0.3 is 5.32 Å². The van der Waals surface area contributed by atoms with Crippen molar-refractivity contribution in [1.82, 2.24) is 14.9 Å². The van der Waals surface area contributed by atoms with Gasteiger partial charge in [-0.1, -0.05) is 29.8 Å². The van der Waals surface area contributed by atoms with Gasteiger partial charge in [0.2, 0.25) is 0 Å². The Morgan fingerprint density at radius 2 is 2.00 bits per heavy atom. The van der Waals surface area contributed by atoms with Gasteiger partial charge in [-0.05, 0) is 50.2 Å². The Bertz CT molecular complexity index is 1010. The summed E-state index contributed by atoms with van der Waals surface area (Å²) in [4.78, 5) is 20.0. The van der Waals surface area contributed by atoms with E-state index < -0.39 is 0 Å². The molecule has 3 aromatic rings. The predicted molar refractivity (Wildman–Crippen MR) is 106 cm³/mol. The first-order valence-corrected chi connectivity index (χ1v) is 10.3. The van der Waals surface area contributed by atoms with Crippen LogP contribution in [0.2, 0.25) is 0 Å². The molecule has 5 heteroatoms. The van der Waals surface area contributed by atoms with Crippen molar-refractivity contribution in [3.05, 3.63) is 62.5 Å². The highest BCUT2D eigenvalue weighted by atomic mass is 32.1.